The van der Waals surface area contributed by atoms with Crippen molar-refractivity contribution in [3.05, 3.63) is 64.7 Å². The Hall–Kier alpha value is -2.82. The molecule has 2 aromatic carbocycles. The number of benzene rings is 2. The van der Waals surface area contributed by atoms with Gasteiger partial charge >= 0.3 is 12.1 Å². The van der Waals surface area contributed by atoms with Gasteiger partial charge in [0.2, 0.25) is 0 Å². The third kappa shape index (κ3) is 2.85. The number of hydrogen-bond donors (Lipinski definition) is 1. The molecule has 1 heterocycles. The van der Waals surface area contributed by atoms with Crippen LogP contribution in [-0.2, 0) is 22.6 Å². The summed E-state index contributed by atoms with van der Waals surface area (Å²) in [5.74, 6) is -1.03. The lowest BCUT2D eigenvalue weighted by molar-refractivity contribution is -0.138. The maximum atomic E-state index is 12.5. The molecule has 0 bridgehead atoms. The van der Waals surface area contributed by atoms with Crippen LogP contribution in [-0.4, -0.2) is 23.2 Å². The lowest BCUT2D eigenvalue weighted by atomic mass is 10.00. The number of hydrogen-bond acceptors (Lipinski definition) is 3. The lowest BCUT2D eigenvalue weighted by Gasteiger charge is -2.22. The zero-order chi connectivity index (χ0) is 17.3. The maximum Gasteiger partial charge on any atom is 0.415 e. The highest BCUT2D eigenvalue weighted by atomic mass is 16.6. The van der Waals surface area contributed by atoms with Crippen LogP contribution in [0.15, 0.2) is 42.5 Å². The number of carbonyl (C=O) groups excluding carboxylic acids is 1. The molecule has 0 aromatic heterocycles. The molecular formula is C19H19NO4. The van der Waals surface area contributed by atoms with Gasteiger partial charge < -0.3 is 9.84 Å². The Kier molecular flexibility index (Phi) is 4.25. The number of nitrogens with zero attached hydrogens (tertiary/aromatic N) is 1. The summed E-state index contributed by atoms with van der Waals surface area (Å²) in [7, 11) is 0. The number of aliphatic carboxylic acids is 1. The quantitative estimate of drug-likeness (QED) is 0.938. The van der Waals surface area contributed by atoms with E-state index in [1.807, 2.05) is 50.2 Å². The molecule has 0 radical (unpaired) electrons. The van der Waals surface area contributed by atoms with E-state index >= 15 is 0 Å². The fourth-order valence-electron chi connectivity index (χ4n) is 3.01. The highest BCUT2D eigenvalue weighted by molar-refractivity contribution is 5.98. The van der Waals surface area contributed by atoms with Gasteiger partial charge in [-0.1, -0.05) is 36.4 Å². The van der Waals surface area contributed by atoms with Gasteiger partial charge in [-0.3, -0.25) is 4.90 Å². The van der Waals surface area contributed by atoms with E-state index in [1.165, 1.54) is 4.90 Å². The van der Waals surface area contributed by atoms with Crippen molar-refractivity contribution in [1.29, 1.82) is 0 Å². The summed E-state index contributed by atoms with van der Waals surface area (Å²) in [6, 6.07) is 12.1. The minimum absolute atomic E-state index is 0.114. The molecule has 1 aliphatic heterocycles. The maximum absolute atomic E-state index is 12.5. The number of carboxylic acids is 1. The normalized spacial score (nSPS) is 15.9. The van der Waals surface area contributed by atoms with Crippen molar-refractivity contribution in [2.75, 3.05) is 4.90 Å². The van der Waals surface area contributed by atoms with E-state index in [0.717, 1.165) is 22.3 Å². The molecule has 0 aliphatic carbocycles. The smallest absolute Gasteiger partial charge is 0.415 e. The molecule has 5 heteroatoms. The molecule has 0 fully saturated rings. The van der Waals surface area contributed by atoms with Crippen LogP contribution in [0.3, 0.4) is 0 Å². The van der Waals surface area contributed by atoms with Gasteiger partial charge in [0.1, 0.15) is 12.6 Å². The predicted octanol–water partition coefficient (Wildman–Crippen LogP) is 3.46. The second kappa shape index (κ2) is 6.35. The third-order valence-electron chi connectivity index (χ3n) is 4.50. The average molecular weight is 325 g/mol. The number of fused-ring (bicyclic) bond motifs is 1. The molecule has 0 saturated carbocycles. The summed E-state index contributed by atoms with van der Waals surface area (Å²) in [5, 5.41) is 9.50. The first-order valence-electron chi connectivity index (χ1n) is 7.81. The minimum Gasteiger partial charge on any atom is -0.480 e. The van der Waals surface area contributed by atoms with Crippen LogP contribution in [0.2, 0.25) is 0 Å². The van der Waals surface area contributed by atoms with Crippen LogP contribution in [0.4, 0.5) is 10.5 Å². The highest BCUT2D eigenvalue weighted by Crippen LogP contribution is 2.36. The summed E-state index contributed by atoms with van der Waals surface area (Å²) in [4.78, 5) is 25.4. The molecule has 1 amide bonds. The topological polar surface area (TPSA) is 66.8 Å². The van der Waals surface area contributed by atoms with Crippen molar-refractivity contribution in [3.8, 4) is 0 Å². The van der Waals surface area contributed by atoms with E-state index in [-0.39, 0.29) is 6.61 Å². The fourth-order valence-corrected chi connectivity index (χ4v) is 3.01. The van der Waals surface area contributed by atoms with E-state index in [1.54, 1.807) is 6.07 Å². The molecule has 0 spiro atoms. The molecule has 24 heavy (non-hydrogen) atoms. The van der Waals surface area contributed by atoms with E-state index in [9.17, 15) is 14.7 Å². The highest BCUT2D eigenvalue weighted by Gasteiger charge is 2.40. The first kappa shape index (κ1) is 16.1. The molecule has 0 unspecified atom stereocenters. The second-order valence-corrected chi connectivity index (χ2v) is 5.97. The van der Waals surface area contributed by atoms with Gasteiger partial charge in [-0.05, 0) is 42.2 Å². The number of ether oxygens (including phenoxy) is 1. The molecule has 3 rings (SSSR count). The first-order valence-corrected chi connectivity index (χ1v) is 7.81. The number of carbonyl (C=O) groups is 2. The van der Waals surface area contributed by atoms with E-state index < -0.39 is 18.1 Å². The van der Waals surface area contributed by atoms with Crippen molar-refractivity contribution in [3.63, 3.8) is 0 Å². The zero-order valence-corrected chi connectivity index (χ0v) is 13.7. The molecular weight excluding hydrogens is 306 g/mol. The third-order valence-corrected chi connectivity index (χ3v) is 4.50. The van der Waals surface area contributed by atoms with Crippen molar-refractivity contribution in [1.82, 2.24) is 0 Å². The summed E-state index contributed by atoms with van der Waals surface area (Å²) >= 11 is 0. The Balaban J connectivity index is 1.86. The van der Waals surface area contributed by atoms with E-state index in [4.69, 9.17) is 4.74 Å². The van der Waals surface area contributed by atoms with Crippen LogP contribution in [0.25, 0.3) is 0 Å². The minimum atomic E-state index is -1.03. The zero-order valence-electron chi connectivity index (χ0n) is 13.7. The number of rotatable bonds is 3. The van der Waals surface area contributed by atoms with Crippen molar-refractivity contribution in [2.24, 2.45) is 0 Å². The molecule has 2 aromatic rings. The molecule has 1 atom stereocenters. The Morgan fingerprint density at radius 2 is 1.88 bits per heavy atom. The van der Waals surface area contributed by atoms with E-state index in [2.05, 4.69) is 0 Å². The standard InChI is InChI=1S/C19H19NO4/c1-12-8-9-16-15(13(12)2)10-17(18(21)22)20(16)19(23)24-11-14-6-4-3-5-7-14/h3-9,17H,10-11H2,1-2H3,(H,21,22)/t17-/m0/s1. The Labute approximate surface area is 140 Å². The predicted molar refractivity (Wildman–Crippen MR) is 90.1 cm³/mol. The number of carboxylic acid groups (broad SMARTS) is 1. The Bertz CT molecular complexity index is 785. The summed E-state index contributed by atoms with van der Waals surface area (Å²) in [6.07, 6.45) is -0.327. The van der Waals surface area contributed by atoms with Crippen LogP contribution < -0.4 is 4.90 Å². The molecule has 0 saturated heterocycles. The molecule has 1 aliphatic rings. The van der Waals surface area contributed by atoms with E-state index in [0.29, 0.717) is 12.1 Å². The van der Waals surface area contributed by atoms with Crippen molar-refractivity contribution >= 4 is 17.7 Å². The molecule has 5 nitrogen and oxygen atoms in total. The SMILES string of the molecule is Cc1ccc2c(c1C)C[C@@H](C(=O)O)N2C(=O)OCc1ccccc1. The summed E-state index contributed by atoms with van der Waals surface area (Å²) < 4.78 is 5.34. The fraction of sp³-hybridized carbons (Fsp3) is 0.263. The van der Waals surface area contributed by atoms with Crippen LogP contribution in [0.5, 0.6) is 0 Å². The van der Waals surface area contributed by atoms with Gasteiger partial charge in [-0.15, -0.1) is 0 Å². The number of anilines is 1. The second-order valence-electron chi connectivity index (χ2n) is 5.97. The van der Waals surface area contributed by atoms with Crippen LogP contribution >= 0.6 is 0 Å². The molecule has 124 valence electrons. The van der Waals surface area contributed by atoms with Crippen molar-refractivity contribution in [2.45, 2.75) is 32.9 Å². The summed E-state index contributed by atoms with van der Waals surface area (Å²) in [6.45, 7) is 4.04. The van der Waals surface area contributed by atoms with Crippen molar-refractivity contribution < 1.29 is 19.4 Å². The van der Waals surface area contributed by atoms with Gasteiger partial charge in [0, 0.05) is 6.42 Å². The first-order chi connectivity index (χ1) is 11.5. The Morgan fingerprint density at radius 1 is 1.17 bits per heavy atom. The van der Waals surface area contributed by atoms with Crippen LogP contribution in [0.1, 0.15) is 22.3 Å². The van der Waals surface area contributed by atoms with Gasteiger partial charge in [0.25, 0.3) is 0 Å². The van der Waals surface area contributed by atoms with Gasteiger partial charge in [-0.25, -0.2) is 9.59 Å². The number of aryl methyl sites for hydroxylation is 1. The largest absolute Gasteiger partial charge is 0.480 e. The van der Waals surface area contributed by atoms with Crippen LogP contribution in [0, 0.1) is 13.8 Å². The Morgan fingerprint density at radius 3 is 2.54 bits per heavy atom. The number of amides is 1. The van der Waals surface area contributed by atoms with Gasteiger partial charge in [-0.2, -0.15) is 0 Å². The lowest BCUT2D eigenvalue weighted by Crippen LogP contribution is -2.43. The van der Waals surface area contributed by atoms with Gasteiger partial charge in [0.05, 0.1) is 5.69 Å². The van der Waals surface area contributed by atoms with Gasteiger partial charge in [0.15, 0.2) is 0 Å². The summed E-state index contributed by atoms with van der Waals surface area (Å²) in [5.41, 5.74) is 4.49. The average Bonchev–Trinajstić information content (AvgIpc) is 2.97. The monoisotopic (exact) mass is 325 g/mol. The molecule has 1 N–H and O–H groups in total.